The predicted octanol–water partition coefficient (Wildman–Crippen LogP) is 1.08. The Bertz CT molecular complexity index is 137. The zero-order valence-corrected chi connectivity index (χ0v) is 10.2. The van der Waals surface area contributed by atoms with Gasteiger partial charge in [-0.05, 0) is 20.4 Å². The molecule has 86 valence electrons. The second-order valence-corrected chi connectivity index (χ2v) is 4.40. The summed E-state index contributed by atoms with van der Waals surface area (Å²) < 4.78 is 0. The standard InChI is InChI=1S/C11H26N2O/c1-6-13(10(4)5)8-11(14)7-12-9(2)3/h9-12,14H,6-8H2,1-5H3. The fourth-order valence-corrected chi connectivity index (χ4v) is 1.41. The highest BCUT2D eigenvalue weighted by Crippen LogP contribution is 1.99. The van der Waals surface area contributed by atoms with Gasteiger partial charge in [-0.2, -0.15) is 0 Å². The van der Waals surface area contributed by atoms with E-state index >= 15 is 0 Å². The van der Waals surface area contributed by atoms with E-state index in [-0.39, 0.29) is 6.10 Å². The van der Waals surface area contributed by atoms with Crippen LogP contribution in [0.15, 0.2) is 0 Å². The summed E-state index contributed by atoms with van der Waals surface area (Å²) in [5.74, 6) is 0. The van der Waals surface area contributed by atoms with Crippen molar-refractivity contribution < 1.29 is 5.11 Å². The van der Waals surface area contributed by atoms with Crippen LogP contribution in [0.1, 0.15) is 34.6 Å². The largest absolute Gasteiger partial charge is 0.390 e. The first-order valence-electron chi connectivity index (χ1n) is 5.62. The molecule has 1 atom stereocenters. The van der Waals surface area contributed by atoms with Gasteiger partial charge in [0.05, 0.1) is 6.10 Å². The summed E-state index contributed by atoms with van der Waals surface area (Å²) in [4.78, 5) is 2.27. The van der Waals surface area contributed by atoms with Crippen LogP contribution in [-0.2, 0) is 0 Å². The highest BCUT2D eigenvalue weighted by Gasteiger charge is 2.12. The molecule has 3 heteroatoms. The summed E-state index contributed by atoms with van der Waals surface area (Å²) in [5.41, 5.74) is 0. The van der Waals surface area contributed by atoms with Gasteiger partial charge in [0.2, 0.25) is 0 Å². The molecule has 0 spiro atoms. The summed E-state index contributed by atoms with van der Waals surface area (Å²) >= 11 is 0. The van der Waals surface area contributed by atoms with Gasteiger partial charge in [0.15, 0.2) is 0 Å². The summed E-state index contributed by atoms with van der Waals surface area (Å²) in [6.07, 6.45) is -0.264. The molecule has 0 fully saturated rings. The molecule has 0 aromatic carbocycles. The Morgan fingerprint density at radius 3 is 2.14 bits per heavy atom. The summed E-state index contributed by atoms with van der Waals surface area (Å²) in [5, 5.41) is 13.0. The van der Waals surface area contributed by atoms with E-state index in [0.29, 0.717) is 18.6 Å². The van der Waals surface area contributed by atoms with Crippen molar-refractivity contribution in [2.75, 3.05) is 19.6 Å². The average Bonchev–Trinajstić information content (AvgIpc) is 2.10. The van der Waals surface area contributed by atoms with Crippen LogP contribution >= 0.6 is 0 Å². The first-order chi connectivity index (χ1) is 6.47. The van der Waals surface area contributed by atoms with Gasteiger partial charge in [0.25, 0.3) is 0 Å². The van der Waals surface area contributed by atoms with Crippen LogP contribution in [0.2, 0.25) is 0 Å². The number of nitrogens with zero attached hydrogens (tertiary/aromatic N) is 1. The molecule has 0 bridgehead atoms. The van der Waals surface area contributed by atoms with Crippen LogP contribution in [0.25, 0.3) is 0 Å². The van der Waals surface area contributed by atoms with Crippen LogP contribution in [-0.4, -0.2) is 47.8 Å². The quantitative estimate of drug-likeness (QED) is 0.648. The van der Waals surface area contributed by atoms with Gasteiger partial charge in [0.1, 0.15) is 0 Å². The maximum atomic E-state index is 9.74. The lowest BCUT2D eigenvalue weighted by molar-refractivity contribution is 0.0965. The molecular weight excluding hydrogens is 176 g/mol. The normalized spacial score (nSPS) is 14.4. The fraction of sp³-hybridized carbons (Fsp3) is 1.00. The van der Waals surface area contributed by atoms with Crippen molar-refractivity contribution >= 4 is 0 Å². The van der Waals surface area contributed by atoms with E-state index in [9.17, 15) is 5.11 Å². The zero-order chi connectivity index (χ0) is 11.1. The molecule has 14 heavy (non-hydrogen) atoms. The number of rotatable bonds is 7. The second-order valence-electron chi connectivity index (χ2n) is 4.40. The Hall–Kier alpha value is -0.120. The van der Waals surface area contributed by atoms with E-state index in [1.54, 1.807) is 0 Å². The molecule has 0 aromatic rings. The molecule has 0 amide bonds. The summed E-state index contributed by atoms with van der Waals surface area (Å²) in [6, 6.07) is 0.951. The monoisotopic (exact) mass is 202 g/mol. The van der Waals surface area contributed by atoms with Crippen molar-refractivity contribution in [2.24, 2.45) is 0 Å². The number of aliphatic hydroxyl groups excluding tert-OH is 1. The van der Waals surface area contributed by atoms with E-state index in [1.165, 1.54) is 0 Å². The Labute approximate surface area is 88.5 Å². The van der Waals surface area contributed by atoms with E-state index in [0.717, 1.165) is 13.1 Å². The molecule has 0 saturated heterocycles. The first kappa shape index (κ1) is 13.9. The van der Waals surface area contributed by atoms with E-state index in [4.69, 9.17) is 0 Å². The van der Waals surface area contributed by atoms with Crippen LogP contribution in [0.5, 0.6) is 0 Å². The zero-order valence-electron chi connectivity index (χ0n) is 10.2. The SMILES string of the molecule is CCN(CC(O)CNC(C)C)C(C)C. The van der Waals surface area contributed by atoms with Crippen molar-refractivity contribution in [2.45, 2.75) is 52.8 Å². The van der Waals surface area contributed by atoms with Gasteiger partial charge >= 0.3 is 0 Å². The minimum atomic E-state index is -0.264. The lowest BCUT2D eigenvalue weighted by Crippen LogP contribution is -2.42. The third-order valence-corrected chi connectivity index (χ3v) is 2.34. The molecule has 3 nitrogen and oxygen atoms in total. The molecule has 0 aliphatic carbocycles. The second kappa shape index (κ2) is 7.21. The lowest BCUT2D eigenvalue weighted by Gasteiger charge is -2.27. The molecule has 0 rings (SSSR count). The maximum Gasteiger partial charge on any atom is 0.0791 e. The molecular formula is C11H26N2O. The van der Waals surface area contributed by atoms with Crippen molar-refractivity contribution in [1.29, 1.82) is 0 Å². The van der Waals surface area contributed by atoms with Gasteiger partial charge in [-0.25, -0.2) is 0 Å². The minimum Gasteiger partial charge on any atom is -0.390 e. The van der Waals surface area contributed by atoms with E-state index in [2.05, 4.69) is 44.8 Å². The fourth-order valence-electron chi connectivity index (χ4n) is 1.41. The number of aliphatic hydroxyl groups is 1. The predicted molar refractivity (Wildman–Crippen MR) is 61.5 cm³/mol. The van der Waals surface area contributed by atoms with Crippen LogP contribution < -0.4 is 5.32 Å². The summed E-state index contributed by atoms with van der Waals surface area (Å²) in [7, 11) is 0. The number of nitrogens with one attached hydrogen (secondary N) is 1. The molecule has 2 N–H and O–H groups in total. The molecule has 0 heterocycles. The van der Waals surface area contributed by atoms with Gasteiger partial charge in [-0.15, -0.1) is 0 Å². The van der Waals surface area contributed by atoms with Gasteiger partial charge in [-0.3, -0.25) is 4.90 Å². The van der Waals surface area contributed by atoms with Gasteiger partial charge in [-0.1, -0.05) is 20.8 Å². The van der Waals surface area contributed by atoms with Crippen molar-refractivity contribution in [1.82, 2.24) is 10.2 Å². The van der Waals surface area contributed by atoms with Gasteiger partial charge in [0, 0.05) is 25.2 Å². The number of hydrogen-bond donors (Lipinski definition) is 2. The highest BCUT2D eigenvalue weighted by molar-refractivity contribution is 4.69. The molecule has 0 radical (unpaired) electrons. The average molecular weight is 202 g/mol. The third-order valence-electron chi connectivity index (χ3n) is 2.34. The molecule has 0 aliphatic rings. The van der Waals surface area contributed by atoms with E-state index < -0.39 is 0 Å². The summed E-state index contributed by atoms with van der Waals surface area (Å²) in [6.45, 7) is 13.1. The Balaban J connectivity index is 3.73. The number of hydrogen-bond acceptors (Lipinski definition) is 3. The Morgan fingerprint density at radius 1 is 1.21 bits per heavy atom. The topological polar surface area (TPSA) is 35.5 Å². The lowest BCUT2D eigenvalue weighted by atomic mass is 10.2. The first-order valence-corrected chi connectivity index (χ1v) is 5.62. The minimum absolute atomic E-state index is 0.264. The van der Waals surface area contributed by atoms with Crippen LogP contribution in [0.3, 0.4) is 0 Å². The molecule has 1 unspecified atom stereocenters. The Kier molecular flexibility index (Phi) is 7.15. The molecule has 0 saturated carbocycles. The van der Waals surface area contributed by atoms with Crippen LogP contribution in [0, 0.1) is 0 Å². The third kappa shape index (κ3) is 6.35. The van der Waals surface area contributed by atoms with E-state index in [1.807, 2.05) is 0 Å². The van der Waals surface area contributed by atoms with Crippen LogP contribution in [0.4, 0.5) is 0 Å². The Morgan fingerprint density at radius 2 is 1.79 bits per heavy atom. The maximum absolute atomic E-state index is 9.74. The van der Waals surface area contributed by atoms with Crippen molar-refractivity contribution in [3.8, 4) is 0 Å². The number of likely N-dealkylation sites (N-methyl/N-ethyl adjacent to an activating group) is 1. The highest BCUT2D eigenvalue weighted by atomic mass is 16.3. The smallest absolute Gasteiger partial charge is 0.0791 e. The molecule has 0 aromatic heterocycles. The van der Waals surface area contributed by atoms with Gasteiger partial charge < -0.3 is 10.4 Å². The van der Waals surface area contributed by atoms with Crippen molar-refractivity contribution in [3.63, 3.8) is 0 Å². The molecule has 0 aliphatic heterocycles. The van der Waals surface area contributed by atoms with Crippen molar-refractivity contribution in [3.05, 3.63) is 0 Å².